The average Bonchev–Trinajstić information content (AvgIpc) is 1.59. The van der Waals surface area contributed by atoms with E-state index in [9.17, 15) is 9.59 Å². The highest BCUT2D eigenvalue weighted by Gasteiger charge is 2.41. The van der Waals surface area contributed by atoms with Crippen LogP contribution in [-0.4, -0.2) is 53.0 Å². The summed E-state index contributed by atoms with van der Waals surface area (Å²) < 4.78 is 12.5. The molecule has 8 heterocycles. The van der Waals surface area contributed by atoms with Crippen LogP contribution in [-0.2, 0) is 30.4 Å². The van der Waals surface area contributed by atoms with E-state index in [-0.39, 0.29) is 25.0 Å². The predicted molar refractivity (Wildman–Crippen MR) is 423 cm³/mol. The van der Waals surface area contributed by atoms with Gasteiger partial charge in [0.05, 0.1) is 45.5 Å². The smallest absolute Gasteiger partial charge is 0.263 e. The van der Waals surface area contributed by atoms with Crippen LogP contribution in [0.15, 0.2) is 54.6 Å². The number of benzene rings is 1. The van der Waals surface area contributed by atoms with Crippen molar-refractivity contribution in [1.82, 2.24) is 14.9 Å². The maximum Gasteiger partial charge on any atom is 0.263 e. The number of thiazole rings is 2. The normalized spacial score (nSPS) is 12.5. The quantitative estimate of drug-likeness (QED) is 0.0279. The monoisotopic (exact) mass is 1430 g/mol. The topological polar surface area (TPSA) is 81.6 Å². The van der Waals surface area contributed by atoms with Crippen molar-refractivity contribution in [3.8, 4) is 54.8 Å². The van der Waals surface area contributed by atoms with Crippen molar-refractivity contribution in [2.75, 3.05) is 26.4 Å². The molecule has 7 nitrogen and oxygen atoms in total. The number of unbranched alkanes of at least 4 members (excludes halogenated alkanes) is 32. The summed E-state index contributed by atoms with van der Waals surface area (Å²) in [4.78, 5) is 54.7. The molecule has 14 heteroatoms. The number of carbonyl (C=O) groups excluding carboxylic acids is 2. The van der Waals surface area contributed by atoms with E-state index in [1.807, 2.05) is 40.9 Å². The Balaban J connectivity index is 0.832. The molecule has 0 bridgehead atoms. The number of imide groups is 1. The third kappa shape index (κ3) is 23.4. The van der Waals surface area contributed by atoms with E-state index in [0.29, 0.717) is 24.3 Å². The molecule has 1 aromatic carbocycles. The van der Waals surface area contributed by atoms with Crippen LogP contribution in [0.3, 0.4) is 0 Å². The highest BCUT2D eigenvalue weighted by Crippen LogP contribution is 2.50. The van der Waals surface area contributed by atoms with Crippen LogP contribution < -0.4 is 4.74 Å². The number of carbonyl (C=O) groups is 2. The Bertz CT molecular complexity index is 3480. The van der Waals surface area contributed by atoms with Gasteiger partial charge >= 0.3 is 0 Å². The van der Waals surface area contributed by atoms with Gasteiger partial charge in [0.2, 0.25) is 0 Å². The summed E-state index contributed by atoms with van der Waals surface area (Å²) in [7, 11) is 0. The first-order chi connectivity index (χ1) is 47.2. The van der Waals surface area contributed by atoms with Crippen molar-refractivity contribution in [2.24, 2.45) is 0 Å². The number of aryl methyl sites for hydroxylation is 6. The number of nitrogens with zero attached hydrogens (tertiary/aromatic N) is 3. The Hall–Kier alpha value is -3.86. The molecule has 7 aromatic heterocycles. The van der Waals surface area contributed by atoms with E-state index in [1.54, 1.807) is 45.3 Å². The zero-order valence-corrected chi connectivity index (χ0v) is 65.4. The molecule has 2 amide bonds. The third-order valence-electron chi connectivity index (χ3n) is 19.3. The Morgan fingerprint density at radius 3 is 1.22 bits per heavy atom. The molecule has 9 rings (SSSR count). The number of hydrogen-bond donors (Lipinski definition) is 0. The van der Waals surface area contributed by atoms with Crippen LogP contribution >= 0.6 is 79.4 Å². The Kier molecular flexibility index (Phi) is 33.7. The van der Waals surface area contributed by atoms with Gasteiger partial charge in [-0.2, -0.15) is 0 Å². The number of fused-ring (bicyclic) bond motifs is 2. The van der Waals surface area contributed by atoms with Gasteiger partial charge in [-0.3, -0.25) is 14.5 Å². The van der Waals surface area contributed by atoms with Crippen LogP contribution in [0.1, 0.15) is 312 Å². The van der Waals surface area contributed by atoms with Gasteiger partial charge in [-0.25, -0.2) is 9.97 Å². The van der Waals surface area contributed by atoms with Crippen LogP contribution in [0.4, 0.5) is 0 Å². The van der Waals surface area contributed by atoms with Crippen molar-refractivity contribution in [1.29, 1.82) is 0 Å². The van der Waals surface area contributed by atoms with Crippen molar-refractivity contribution in [3.05, 3.63) is 97.7 Å². The first-order valence-electron chi connectivity index (χ1n) is 38.2. The molecular weight excluding hydrogens is 1320 g/mol. The molecule has 0 N–H and O–H groups in total. The van der Waals surface area contributed by atoms with E-state index in [0.717, 1.165) is 72.2 Å². The Morgan fingerprint density at radius 2 is 0.771 bits per heavy atom. The number of thiophene rings is 5. The second-order valence-electron chi connectivity index (χ2n) is 27.4. The third-order valence-corrected chi connectivity index (χ3v) is 27.7. The molecule has 0 saturated heterocycles. The zero-order valence-electron chi connectivity index (χ0n) is 59.6. The summed E-state index contributed by atoms with van der Waals surface area (Å²) in [5, 5.41) is 2.17. The maximum absolute atomic E-state index is 14.4. The predicted octanol–water partition coefficient (Wildman–Crippen LogP) is 28.0. The Morgan fingerprint density at radius 1 is 0.365 bits per heavy atom. The van der Waals surface area contributed by atoms with Crippen molar-refractivity contribution in [3.63, 3.8) is 0 Å². The lowest BCUT2D eigenvalue weighted by molar-refractivity contribution is 0.0527. The van der Waals surface area contributed by atoms with E-state index in [1.165, 1.54) is 286 Å². The van der Waals surface area contributed by atoms with Crippen LogP contribution in [0.5, 0.6) is 5.75 Å². The Labute approximate surface area is 607 Å². The zero-order chi connectivity index (χ0) is 67.1. The first kappa shape index (κ1) is 76.3. The second-order valence-corrected chi connectivity index (χ2v) is 35.1. The van der Waals surface area contributed by atoms with E-state index >= 15 is 0 Å². The minimum atomic E-state index is -0.221. The fourth-order valence-corrected chi connectivity index (χ4v) is 21.7. The van der Waals surface area contributed by atoms with Crippen molar-refractivity contribution < 1.29 is 19.1 Å². The molecule has 0 fully saturated rings. The van der Waals surface area contributed by atoms with Gasteiger partial charge in [0.1, 0.15) is 22.4 Å². The molecule has 0 atom stereocenters. The number of rotatable bonds is 52. The van der Waals surface area contributed by atoms with Gasteiger partial charge in [-0.15, -0.1) is 56.7 Å². The average molecular weight is 1430 g/mol. The van der Waals surface area contributed by atoms with E-state index < -0.39 is 0 Å². The van der Waals surface area contributed by atoms with Gasteiger partial charge in [0.25, 0.3) is 11.8 Å². The minimum Gasteiger partial charge on any atom is -0.491 e. The molecule has 0 unspecified atom stereocenters. The lowest BCUT2D eigenvalue weighted by Crippen LogP contribution is -2.33. The van der Waals surface area contributed by atoms with Crippen LogP contribution in [0.2, 0.25) is 0 Å². The summed E-state index contributed by atoms with van der Waals surface area (Å²) in [6.07, 6.45) is 51.9. The fraction of sp³-hybridized carbons (Fsp3) is 0.610. The molecule has 1 aliphatic rings. The molecule has 524 valence electrons. The lowest BCUT2D eigenvalue weighted by Gasteiger charge is -2.15. The van der Waals surface area contributed by atoms with Gasteiger partial charge in [0.15, 0.2) is 9.66 Å². The highest BCUT2D eigenvalue weighted by atomic mass is 32.1. The molecule has 96 heavy (non-hydrogen) atoms. The second kappa shape index (κ2) is 42.4. The molecular formula is C82H115N3O4S7. The SMILES string of the molecule is CCCCCCCCCCCCc1cc(-c2ccc(C)s2)sc1-c1nc2sc(-c3sc(-c4ccc(-c5sc(C)c6c5C(=O)N(CCOCCOc5cc(CCCCCCCCCC)cc(CCCCCCCCCC)c5)C6=O)s4)cc3CCCCCCCCCCCC)nc2s1. The molecule has 0 saturated carbocycles. The summed E-state index contributed by atoms with van der Waals surface area (Å²) >= 11 is 12.5. The first-order valence-corrected chi connectivity index (χ1v) is 43.9. The summed E-state index contributed by atoms with van der Waals surface area (Å²) in [5.41, 5.74) is 6.65. The standard InChI is InChI=1S/C82H115N3O4S7/c1-7-11-15-19-23-27-29-33-37-41-45-64-58-70(67-48-47-60(5)90-67)93-74(64)77-83-79-80(95-77)84-78(96-79)75-65(46-42-38-34-30-28-24-20-16-12-8-2)59-71(94-75)68-49-50-69(92-68)76-73-72(61(6)91-76)81(86)85(82(73)87)51-52-88-53-54-89-66-56-62(43-39-35-31-25-21-17-13-9-3)55-63(57-66)44-40-36-32-26-22-18-14-10-4/h47-50,55-59H,7-46,51-54H2,1-6H3. The lowest BCUT2D eigenvalue weighted by atomic mass is 9.99. The molecule has 0 spiro atoms. The minimum absolute atomic E-state index is 0.207. The molecule has 0 aliphatic carbocycles. The number of ether oxygens (including phenoxy) is 2. The molecule has 1 aliphatic heterocycles. The van der Waals surface area contributed by atoms with Crippen LogP contribution in [0, 0.1) is 13.8 Å². The largest absolute Gasteiger partial charge is 0.491 e. The summed E-state index contributed by atoms with van der Waals surface area (Å²) in [6, 6.07) is 20.7. The van der Waals surface area contributed by atoms with Gasteiger partial charge in [-0.1, -0.05) is 262 Å². The summed E-state index contributed by atoms with van der Waals surface area (Å²) in [6.45, 7) is 14.6. The van der Waals surface area contributed by atoms with Gasteiger partial charge in [-0.05, 0) is 136 Å². The van der Waals surface area contributed by atoms with Gasteiger partial charge < -0.3 is 9.47 Å². The number of amides is 2. The van der Waals surface area contributed by atoms with Gasteiger partial charge in [0, 0.05) is 34.1 Å². The molecule has 0 radical (unpaired) electrons. The number of hydrogen-bond acceptors (Lipinski definition) is 13. The maximum atomic E-state index is 14.4. The van der Waals surface area contributed by atoms with Crippen LogP contribution in [0.25, 0.3) is 58.7 Å². The highest BCUT2D eigenvalue weighted by molar-refractivity contribution is 7.33. The van der Waals surface area contributed by atoms with Crippen molar-refractivity contribution >= 4 is 101 Å². The van der Waals surface area contributed by atoms with E-state index in [2.05, 4.69) is 89.2 Å². The summed E-state index contributed by atoms with van der Waals surface area (Å²) in [5.74, 6) is 0.485. The van der Waals surface area contributed by atoms with Crippen molar-refractivity contribution in [2.45, 2.75) is 298 Å². The fourth-order valence-electron chi connectivity index (χ4n) is 13.7. The number of aromatic nitrogens is 2. The van der Waals surface area contributed by atoms with E-state index in [4.69, 9.17) is 19.4 Å². The molecule has 8 aromatic rings.